The molecule has 0 bridgehead atoms. The minimum absolute atomic E-state index is 0.00970. The van der Waals surface area contributed by atoms with Crippen molar-refractivity contribution in [2.75, 3.05) is 26.2 Å². The molecular formula is C16H21N3O2. The van der Waals surface area contributed by atoms with Gasteiger partial charge >= 0.3 is 0 Å². The molecule has 0 spiro atoms. The minimum Gasteiger partial charge on any atom is -0.343 e. The number of piperidine rings is 1. The SMILES string of the molecule is O=C(NCC(=O)N1CC2CCCNC2C1)c1ccccc1. The number of carbonyl (C=O) groups excluding carboxylic acids is 2. The lowest BCUT2D eigenvalue weighted by molar-refractivity contribution is -0.129. The Balaban J connectivity index is 1.50. The van der Waals surface area contributed by atoms with Crippen LogP contribution in [-0.4, -0.2) is 48.9 Å². The van der Waals surface area contributed by atoms with Gasteiger partial charge in [0.15, 0.2) is 0 Å². The van der Waals surface area contributed by atoms with E-state index in [0.717, 1.165) is 19.6 Å². The highest BCUT2D eigenvalue weighted by Gasteiger charge is 2.36. The average molecular weight is 287 g/mol. The largest absolute Gasteiger partial charge is 0.343 e. The Kier molecular flexibility index (Phi) is 4.20. The van der Waals surface area contributed by atoms with Gasteiger partial charge in [-0.25, -0.2) is 0 Å². The van der Waals surface area contributed by atoms with E-state index in [9.17, 15) is 9.59 Å². The van der Waals surface area contributed by atoms with Gasteiger partial charge in [0.1, 0.15) is 0 Å². The number of hydrogen-bond acceptors (Lipinski definition) is 3. The summed E-state index contributed by atoms with van der Waals surface area (Å²) in [4.78, 5) is 26.0. The summed E-state index contributed by atoms with van der Waals surface area (Å²) in [6.07, 6.45) is 2.38. The van der Waals surface area contributed by atoms with Crippen LogP contribution in [-0.2, 0) is 4.79 Å². The summed E-state index contributed by atoms with van der Waals surface area (Å²) < 4.78 is 0. The van der Waals surface area contributed by atoms with Crippen molar-refractivity contribution in [2.45, 2.75) is 18.9 Å². The highest BCUT2D eigenvalue weighted by molar-refractivity contribution is 5.96. The number of hydrogen-bond donors (Lipinski definition) is 2. The summed E-state index contributed by atoms with van der Waals surface area (Å²) in [5.74, 6) is 0.390. The first-order chi connectivity index (χ1) is 10.2. The highest BCUT2D eigenvalue weighted by atomic mass is 16.2. The van der Waals surface area contributed by atoms with Crippen molar-refractivity contribution in [3.8, 4) is 0 Å². The zero-order valence-corrected chi connectivity index (χ0v) is 12.0. The van der Waals surface area contributed by atoms with Crippen LogP contribution in [0, 0.1) is 5.92 Å². The van der Waals surface area contributed by atoms with Crippen molar-refractivity contribution >= 4 is 11.8 Å². The maximum atomic E-state index is 12.2. The van der Waals surface area contributed by atoms with Gasteiger partial charge in [-0.1, -0.05) is 18.2 Å². The zero-order chi connectivity index (χ0) is 14.7. The van der Waals surface area contributed by atoms with Crippen LogP contribution >= 0.6 is 0 Å². The van der Waals surface area contributed by atoms with Crippen LogP contribution in [0.15, 0.2) is 30.3 Å². The van der Waals surface area contributed by atoms with E-state index >= 15 is 0 Å². The summed E-state index contributed by atoms with van der Waals surface area (Å²) in [6.45, 7) is 2.71. The standard InChI is InChI=1S/C16H21N3O2/c20-15(9-18-16(21)12-5-2-1-3-6-12)19-10-13-7-4-8-17-14(13)11-19/h1-3,5-6,13-14,17H,4,7-11H2,(H,18,21). The topological polar surface area (TPSA) is 61.4 Å². The van der Waals surface area contributed by atoms with E-state index in [1.807, 2.05) is 23.1 Å². The second-order valence-electron chi connectivity index (χ2n) is 5.81. The fourth-order valence-corrected chi connectivity index (χ4v) is 3.21. The summed E-state index contributed by atoms with van der Waals surface area (Å²) >= 11 is 0. The van der Waals surface area contributed by atoms with E-state index in [0.29, 0.717) is 17.5 Å². The monoisotopic (exact) mass is 287 g/mol. The summed E-state index contributed by atoms with van der Waals surface area (Å²) in [5, 5.41) is 6.18. The summed E-state index contributed by atoms with van der Waals surface area (Å²) in [6, 6.07) is 9.41. The van der Waals surface area contributed by atoms with Crippen LogP contribution in [0.5, 0.6) is 0 Å². The van der Waals surface area contributed by atoms with Crippen molar-refractivity contribution in [2.24, 2.45) is 5.92 Å². The first-order valence-corrected chi connectivity index (χ1v) is 7.58. The van der Waals surface area contributed by atoms with Crippen molar-refractivity contribution < 1.29 is 9.59 Å². The zero-order valence-electron chi connectivity index (χ0n) is 12.0. The van der Waals surface area contributed by atoms with Crippen LogP contribution in [0.1, 0.15) is 23.2 Å². The molecule has 5 heteroatoms. The maximum absolute atomic E-state index is 12.2. The molecular weight excluding hydrogens is 266 g/mol. The molecule has 2 saturated heterocycles. The fourth-order valence-electron chi connectivity index (χ4n) is 3.21. The predicted molar refractivity (Wildman–Crippen MR) is 79.9 cm³/mol. The van der Waals surface area contributed by atoms with Gasteiger partial charge in [-0.15, -0.1) is 0 Å². The number of nitrogens with one attached hydrogen (secondary N) is 2. The van der Waals surface area contributed by atoms with E-state index < -0.39 is 0 Å². The molecule has 2 atom stereocenters. The van der Waals surface area contributed by atoms with Crippen molar-refractivity contribution in [1.29, 1.82) is 0 Å². The van der Waals surface area contributed by atoms with Gasteiger partial charge < -0.3 is 15.5 Å². The number of nitrogens with zero attached hydrogens (tertiary/aromatic N) is 1. The molecule has 2 aliphatic heterocycles. The Morgan fingerprint density at radius 3 is 2.81 bits per heavy atom. The molecule has 0 radical (unpaired) electrons. The molecule has 1 aromatic carbocycles. The van der Waals surface area contributed by atoms with E-state index in [-0.39, 0.29) is 18.4 Å². The van der Waals surface area contributed by atoms with Gasteiger partial charge in [0, 0.05) is 24.7 Å². The molecule has 0 aromatic heterocycles. The molecule has 2 N–H and O–H groups in total. The predicted octanol–water partition coefficient (Wildman–Crippen LogP) is 0.627. The van der Waals surface area contributed by atoms with Crippen LogP contribution in [0.25, 0.3) is 0 Å². The Labute approximate surface area is 124 Å². The lowest BCUT2D eigenvalue weighted by Gasteiger charge is -2.24. The van der Waals surface area contributed by atoms with Gasteiger partial charge in [-0.05, 0) is 37.4 Å². The number of amides is 2. The lowest BCUT2D eigenvalue weighted by Crippen LogP contribution is -2.42. The van der Waals surface area contributed by atoms with Gasteiger partial charge in [0.25, 0.3) is 5.91 Å². The fraction of sp³-hybridized carbons (Fsp3) is 0.500. The molecule has 2 amide bonds. The van der Waals surface area contributed by atoms with E-state index in [1.165, 1.54) is 12.8 Å². The van der Waals surface area contributed by atoms with E-state index in [4.69, 9.17) is 0 Å². The molecule has 1 aromatic rings. The number of likely N-dealkylation sites (tertiary alicyclic amines) is 1. The van der Waals surface area contributed by atoms with Crippen LogP contribution in [0.3, 0.4) is 0 Å². The Morgan fingerprint density at radius 2 is 2.05 bits per heavy atom. The highest BCUT2D eigenvalue weighted by Crippen LogP contribution is 2.24. The van der Waals surface area contributed by atoms with Gasteiger partial charge in [-0.3, -0.25) is 9.59 Å². The molecule has 5 nitrogen and oxygen atoms in total. The number of carbonyl (C=O) groups is 2. The van der Waals surface area contributed by atoms with Crippen molar-refractivity contribution in [1.82, 2.24) is 15.5 Å². The average Bonchev–Trinajstić information content (AvgIpc) is 2.97. The Hall–Kier alpha value is -1.88. The van der Waals surface area contributed by atoms with Crippen LogP contribution in [0.2, 0.25) is 0 Å². The van der Waals surface area contributed by atoms with E-state index in [1.54, 1.807) is 12.1 Å². The summed E-state index contributed by atoms with van der Waals surface area (Å²) in [5.41, 5.74) is 0.585. The molecule has 3 rings (SSSR count). The molecule has 2 fully saturated rings. The lowest BCUT2D eigenvalue weighted by atomic mass is 9.94. The Morgan fingerprint density at radius 1 is 1.24 bits per heavy atom. The maximum Gasteiger partial charge on any atom is 0.251 e. The first kappa shape index (κ1) is 14.1. The molecule has 0 aliphatic carbocycles. The van der Waals surface area contributed by atoms with Gasteiger partial charge in [0.2, 0.25) is 5.91 Å². The van der Waals surface area contributed by atoms with Gasteiger partial charge in [0.05, 0.1) is 6.54 Å². The molecule has 2 unspecified atom stereocenters. The number of fused-ring (bicyclic) bond motifs is 1. The minimum atomic E-state index is -0.196. The third kappa shape index (κ3) is 3.24. The normalized spacial score (nSPS) is 24.5. The van der Waals surface area contributed by atoms with Crippen LogP contribution < -0.4 is 10.6 Å². The van der Waals surface area contributed by atoms with Crippen molar-refractivity contribution in [3.63, 3.8) is 0 Å². The third-order valence-electron chi connectivity index (χ3n) is 4.39. The second-order valence-corrected chi connectivity index (χ2v) is 5.81. The van der Waals surface area contributed by atoms with Gasteiger partial charge in [-0.2, -0.15) is 0 Å². The Bertz CT molecular complexity index is 504. The molecule has 112 valence electrons. The first-order valence-electron chi connectivity index (χ1n) is 7.58. The molecule has 0 saturated carbocycles. The summed E-state index contributed by atoms with van der Waals surface area (Å²) in [7, 11) is 0. The smallest absolute Gasteiger partial charge is 0.251 e. The third-order valence-corrected chi connectivity index (χ3v) is 4.39. The molecule has 2 heterocycles. The number of benzene rings is 1. The number of rotatable bonds is 3. The second kappa shape index (κ2) is 6.26. The quantitative estimate of drug-likeness (QED) is 0.857. The van der Waals surface area contributed by atoms with E-state index in [2.05, 4.69) is 10.6 Å². The molecule has 2 aliphatic rings. The van der Waals surface area contributed by atoms with Crippen molar-refractivity contribution in [3.05, 3.63) is 35.9 Å². The molecule has 21 heavy (non-hydrogen) atoms. The van der Waals surface area contributed by atoms with Crippen LogP contribution in [0.4, 0.5) is 0 Å².